The first-order valence-corrected chi connectivity index (χ1v) is 7.96. The molecule has 4 fully saturated rings. The summed E-state index contributed by atoms with van der Waals surface area (Å²) < 4.78 is 11.8. The average molecular weight is 366 g/mol. The van der Waals surface area contributed by atoms with Gasteiger partial charge in [0.05, 0.1) is 22.4 Å². The van der Waals surface area contributed by atoms with Gasteiger partial charge in [0.1, 0.15) is 5.78 Å². The third-order valence-corrected chi connectivity index (χ3v) is 7.52. The minimum atomic E-state index is -0.509. The molecule has 0 amide bonds. The van der Waals surface area contributed by atoms with Crippen molar-refractivity contribution in [1.82, 2.24) is 0 Å². The van der Waals surface area contributed by atoms with E-state index in [4.69, 9.17) is 9.47 Å². The zero-order valence-electron chi connectivity index (χ0n) is 9.33. The monoisotopic (exact) mass is 364 g/mol. The molecule has 0 radical (unpaired) electrons. The zero-order valence-corrected chi connectivity index (χ0v) is 12.5. The van der Waals surface area contributed by atoms with Crippen molar-refractivity contribution < 1.29 is 14.3 Å². The molecule has 17 heavy (non-hydrogen) atoms. The lowest BCUT2D eigenvalue weighted by atomic mass is 9.81. The highest BCUT2D eigenvalue weighted by Gasteiger charge is 2.78. The molecule has 4 aliphatic rings. The summed E-state index contributed by atoms with van der Waals surface area (Å²) in [6.07, 6.45) is 3.02. The summed E-state index contributed by atoms with van der Waals surface area (Å²) in [5.74, 6) is 0.608. The lowest BCUT2D eigenvalue weighted by Crippen LogP contribution is -2.48. The van der Waals surface area contributed by atoms with Crippen molar-refractivity contribution >= 4 is 37.6 Å². The predicted molar refractivity (Wildman–Crippen MR) is 68.3 cm³/mol. The number of ketones is 1. The lowest BCUT2D eigenvalue weighted by Gasteiger charge is -2.37. The van der Waals surface area contributed by atoms with Crippen molar-refractivity contribution in [2.24, 2.45) is 17.8 Å². The van der Waals surface area contributed by atoms with Crippen LogP contribution in [0.4, 0.5) is 0 Å². The third kappa shape index (κ3) is 1.10. The summed E-state index contributed by atoms with van der Waals surface area (Å²) in [5, 5.41) is 0. The van der Waals surface area contributed by atoms with Crippen LogP contribution >= 0.6 is 31.9 Å². The molecule has 5 atom stereocenters. The maximum atomic E-state index is 12.3. The van der Waals surface area contributed by atoms with E-state index in [-0.39, 0.29) is 21.0 Å². The maximum absolute atomic E-state index is 12.3. The van der Waals surface area contributed by atoms with E-state index < -0.39 is 5.79 Å². The second-order valence-corrected chi connectivity index (χ2v) is 8.13. The second-order valence-electron chi connectivity index (χ2n) is 5.61. The van der Waals surface area contributed by atoms with Crippen LogP contribution in [0.2, 0.25) is 0 Å². The molecule has 3 aliphatic carbocycles. The van der Waals surface area contributed by atoms with Gasteiger partial charge in [0.25, 0.3) is 0 Å². The number of Topliss-reactive ketones (excluding diaryl/α,β-unsaturated/α-hetero) is 1. The Morgan fingerprint density at radius 2 is 1.94 bits per heavy atom. The predicted octanol–water partition coefficient (Wildman–Crippen LogP) is 2.26. The molecule has 0 aromatic heterocycles. The Hall–Kier alpha value is 0.550. The number of halogens is 2. The fraction of sp³-hybridized carbons (Fsp3) is 0.917. The highest BCUT2D eigenvalue weighted by Crippen LogP contribution is 2.71. The summed E-state index contributed by atoms with van der Waals surface area (Å²) in [6, 6.07) is 0. The summed E-state index contributed by atoms with van der Waals surface area (Å²) in [4.78, 5) is 12.3. The van der Waals surface area contributed by atoms with E-state index in [2.05, 4.69) is 31.9 Å². The number of hydrogen-bond acceptors (Lipinski definition) is 3. The molecule has 1 spiro atoms. The summed E-state index contributed by atoms with van der Waals surface area (Å²) >= 11 is 7.42. The van der Waals surface area contributed by atoms with Crippen molar-refractivity contribution in [2.75, 3.05) is 13.2 Å². The van der Waals surface area contributed by atoms with E-state index in [1.54, 1.807) is 0 Å². The van der Waals surface area contributed by atoms with Crippen LogP contribution in [0, 0.1) is 17.8 Å². The lowest BCUT2D eigenvalue weighted by molar-refractivity contribution is -0.184. The number of fused-ring (bicyclic) bond motifs is 3. The normalized spacial score (nSPS) is 54.8. The van der Waals surface area contributed by atoms with E-state index in [9.17, 15) is 4.79 Å². The van der Waals surface area contributed by atoms with Crippen LogP contribution < -0.4 is 0 Å². The molecule has 4 rings (SSSR count). The van der Waals surface area contributed by atoms with Gasteiger partial charge in [-0.15, -0.1) is 0 Å². The summed E-state index contributed by atoms with van der Waals surface area (Å²) in [7, 11) is 0. The molecule has 1 heterocycles. The standard InChI is InChI=1S/C12H14Br2O3/c13-8-5-7-9(10(8)15)6-1-2-11(7,14)12(6)16-3-4-17-12/h6-9H,1-5H2/t6?,7-,8?,9-,11?/m1/s1. The van der Waals surface area contributed by atoms with E-state index >= 15 is 0 Å². The van der Waals surface area contributed by atoms with Crippen molar-refractivity contribution in [2.45, 2.75) is 34.2 Å². The van der Waals surface area contributed by atoms with Gasteiger partial charge in [0.2, 0.25) is 0 Å². The number of carbonyl (C=O) groups is 1. The van der Waals surface area contributed by atoms with E-state index in [1.165, 1.54) is 0 Å². The highest BCUT2D eigenvalue weighted by molar-refractivity contribution is 9.10. The first-order chi connectivity index (χ1) is 8.10. The molecule has 0 N–H and O–H groups in total. The Balaban J connectivity index is 1.83. The fourth-order valence-electron chi connectivity index (χ4n) is 4.62. The van der Waals surface area contributed by atoms with Crippen LogP contribution in [0.15, 0.2) is 0 Å². The Morgan fingerprint density at radius 3 is 2.59 bits per heavy atom. The first kappa shape index (κ1) is 11.4. The Bertz CT molecular complexity index is 393. The second kappa shape index (κ2) is 3.35. The van der Waals surface area contributed by atoms with Crippen molar-refractivity contribution in [1.29, 1.82) is 0 Å². The number of alkyl halides is 2. The van der Waals surface area contributed by atoms with Crippen molar-refractivity contribution in [3.8, 4) is 0 Å². The molecule has 2 bridgehead atoms. The Morgan fingerprint density at radius 1 is 1.24 bits per heavy atom. The van der Waals surface area contributed by atoms with Gasteiger partial charge in [-0.25, -0.2) is 0 Å². The summed E-state index contributed by atoms with van der Waals surface area (Å²) in [6.45, 7) is 1.32. The summed E-state index contributed by atoms with van der Waals surface area (Å²) in [5.41, 5.74) is 0. The molecular weight excluding hydrogens is 352 g/mol. The van der Waals surface area contributed by atoms with Gasteiger partial charge in [-0.2, -0.15) is 0 Å². The van der Waals surface area contributed by atoms with Gasteiger partial charge in [-0.3, -0.25) is 4.79 Å². The molecular formula is C12H14Br2O3. The number of ether oxygens (including phenoxy) is 2. The van der Waals surface area contributed by atoms with Crippen LogP contribution in [-0.4, -0.2) is 33.9 Å². The molecule has 1 saturated heterocycles. The van der Waals surface area contributed by atoms with Crippen LogP contribution in [-0.2, 0) is 14.3 Å². The van der Waals surface area contributed by atoms with Gasteiger partial charge in [-0.05, 0) is 25.2 Å². The number of rotatable bonds is 0. The van der Waals surface area contributed by atoms with Crippen molar-refractivity contribution in [3.63, 3.8) is 0 Å². The van der Waals surface area contributed by atoms with Crippen LogP contribution in [0.25, 0.3) is 0 Å². The number of hydrogen-bond donors (Lipinski definition) is 0. The number of carbonyl (C=O) groups excluding carboxylic acids is 1. The van der Waals surface area contributed by atoms with E-state index in [0.717, 1.165) is 19.3 Å². The topological polar surface area (TPSA) is 35.5 Å². The molecule has 3 nitrogen and oxygen atoms in total. The van der Waals surface area contributed by atoms with Gasteiger partial charge < -0.3 is 9.47 Å². The molecule has 3 unspecified atom stereocenters. The molecule has 0 aromatic carbocycles. The van der Waals surface area contributed by atoms with Gasteiger partial charge in [0, 0.05) is 11.8 Å². The van der Waals surface area contributed by atoms with Gasteiger partial charge in [0.15, 0.2) is 5.79 Å². The molecule has 3 saturated carbocycles. The third-order valence-electron chi connectivity index (χ3n) is 5.16. The first-order valence-electron chi connectivity index (χ1n) is 6.25. The molecule has 0 aromatic rings. The molecule has 1 aliphatic heterocycles. The largest absolute Gasteiger partial charge is 0.346 e. The van der Waals surface area contributed by atoms with Crippen LogP contribution in [0.5, 0.6) is 0 Å². The zero-order chi connectivity index (χ0) is 11.8. The minimum absolute atomic E-state index is 0.0359. The van der Waals surface area contributed by atoms with Gasteiger partial charge in [-0.1, -0.05) is 31.9 Å². The fourth-order valence-corrected chi connectivity index (χ4v) is 6.55. The Labute approximate surface area is 117 Å². The van der Waals surface area contributed by atoms with E-state index in [0.29, 0.717) is 24.9 Å². The maximum Gasteiger partial charge on any atom is 0.187 e. The van der Waals surface area contributed by atoms with Crippen LogP contribution in [0.1, 0.15) is 19.3 Å². The van der Waals surface area contributed by atoms with Gasteiger partial charge >= 0.3 is 0 Å². The Kier molecular flexibility index (Phi) is 2.24. The van der Waals surface area contributed by atoms with Crippen LogP contribution in [0.3, 0.4) is 0 Å². The average Bonchev–Trinajstić information content (AvgIpc) is 2.99. The quantitative estimate of drug-likeness (QED) is 0.617. The van der Waals surface area contributed by atoms with E-state index in [1.807, 2.05) is 0 Å². The highest BCUT2D eigenvalue weighted by atomic mass is 79.9. The van der Waals surface area contributed by atoms with Crippen molar-refractivity contribution in [3.05, 3.63) is 0 Å². The molecule has 94 valence electrons. The SMILES string of the molecule is O=C1C(Br)C[C@@H]2[C@H]1C1CCC2(Br)C12OCCO2. The smallest absolute Gasteiger partial charge is 0.187 e. The minimum Gasteiger partial charge on any atom is -0.346 e. The molecule has 5 heteroatoms.